The number of hydrogen-bond donors (Lipinski definition) is 3. The Morgan fingerprint density at radius 2 is 1.48 bits per heavy atom. The molecule has 0 radical (unpaired) electrons. The number of ketones is 2. The third-order valence-electron chi connectivity index (χ3n) is 5.28. The van der Waals surface area contributed by atoms with Crippen molar-refractivity contribution >= 4 is 29.1 Å². The van der Waals surface area contributed by atoms with Crippen molar-refractivity contribution in [2.24, 2.45) is 0 Å². The second-order valence-corrected chi connectivity index (χ2v) is 9.00. The van der Waals surface area contributed by atoms with Crippen molar-refractivity contribution in [3.8, 4) is 0 Å². The molecular weight excluding hydrogens is 394 g/mol. The molecule has 1 aliphatic rings. The topological polar surface area (TPSA) is 96.8 Å². The number of fused-ring (bicyclic) bond motifs is 2. The highest BCUT2D eigenvalue weighted by atomic mass is 16.2. The highest BCUT2D eigenvalue weighted by Gasteiger charge is 2.30. The molecule has 0 bridgehead atoms. The zero-order chi connectivity index (χ0) is 22.9. The van der Waals surface area contributed by atoms with Gasteiger partial charge in [0.25, 0.3) is 11.8 Å². The number of benzene rings is 2. The van der Waals surface area contributed by atoms with Crippen molar-refractivity contribution in [1.82, 2.24) is 5.32 Å². The third-order valence-corrected chi connectivity index (χ3v) is 5.28. The maximum atomic E-state index is 12.9. The van der Waals surface area contributed by atoms with Crippen molar-refractivity contribution < 1.29 is 24.1 Å². The van der Waals surface area contributed by atoms with E-state index < -0.39 is 6.04 Å². The molecule has 7 nitrogen and oxygen atoms in total. The molecule has 2 aromatic rings. The van der Waals surface area contributed by atoms with E-state index in [9.17, 15) is 19.2 Å². The minimum absolute atomic E-state index is 0.138. The molecule has 1 unspecified atom stereocenters. The molecule has 2 atom stereocenters. The van der Waals surface area contributed by atoms with Crippen LogP contribution in [0.25, 0.3) is 0 Å². The van der Waals surface area contributed by atoms with Crippen LogP contribution in [0.2, 0.25) is 0 Å². The van der Waals surface area contributed by atoms with Crippen LogP contribution in [0, 0.1) is 0 Å². The third kappa shape index (κ3) is 4.88. The van der Waals surface area contributed by atoms with E-state index in [0.29, 0.717) is 22.4 Å². The zero-order valence-electron chi connectivity index (χ0n) is 18.5. The summed E-state index contributed by atoms with van der Waals surface area (Å²) in [4.78, 5) is 51.2. The van der Waals surface area contributed by atoms with Gasteiger partial charge in [0, 0.05) is 33.5 Å². The van der Waals surface area contributed by atoms with Gasteiger partial charge < -0.3 is 15.5 Å². The summed E-state index contributed by atoms with van der Waals surface area (Å²) in [6.45, 7) is 7.59. The number of amides is 2. The van der Waals surface area contributed by atoms with Crippen molar-refractivity contribution in [1.29, 1.82) is 0 Å². The number of quaternary nitrogens is 1. The van der Waals surface area contributed by atoms with Gasteiger partial charge in [-0.25, -0.2) is 0 Å². The smallest absolute Gasteiger partial charge is 0.282 e. The van der Waals surface area contributed by atoms with E-state index in [2.05, 4.69) is 10.6 Å². The van der Waals surface area contributed by atoms with E-state index in [1.165, 1.54) is 6.07 Å². The SMILES string of the molecule is C[C@H](C(=O)Nc1ccc2c(c1)C(=O)c1ccccc1C2=O)[NH+](C)CC(=O)NC(C)(C)C. The zero-order valence-corrected chi connectivity index (χ0v) is 18.5. The maximum Gasteiger partial charge on any atom is 0.282 e. The summed E-state index contributed by atoms with van der Waals surface area (Å²) in [5.74, 6) is -0.862. The Kier molecular flexibility index (Phi) is 6.08. The number of hydrogen-bond acceptors (Lipinski definition) is 4. The van der Waals surface area contributed by atoms with Gasteiger partial charge in [0.2, 0.25) is 0 Å². The van der Waals surface area contributed by atoms with Crippen LogP contribution in [-0.4, -0.2) is 48.6 Å². The van der Waals surface area contributed by atoms with Crippen LogP contribution < -0.4 is 15.5 Å². The molecule has 2 aromatic carbocycles. The van der Waals surface area contributed by atoms with Crippen LogP contribution in [-0.2, 0) is 9.59 Å². The van der Waals surface area contributed by atoms with Crippen LogP contribution in [0.15, 0.2) is 42.5 Å². The summed E-state index contributed by atoms with van der Waals surface area (Å²) >= 11 is 0. The fraction of sp³-hybridized carbons (Fsp3) is 0.333. The molecule has 162 valence electrons. The van der Waals surface area contributed by atoms with Crippen molar-refractivity contribution in [2.75, 3.05) is 18.9 Å². The lowest BCUT2D eigenvalue weighted by atomic mass is 9.84. The van der Waals surface area contributed by atoms with Crippen LogP contribution in [0.4, 0.5) is 5.69 Å². The lowest BCUT2D eigenvalue weighted by Crippen LogP contribution is -3.15. The van der Waals surface area contributed by atoms with Gasteiger partial charge >= 0.3 is 0 Å². The fourth-order valence-corrected chi connectivity index (χ4v) is 3.52. The average Bonchev–Trinajstić information content (AvgIpc) is 2.69. The van der Waals surface area contributed by atoms with Gasteiger partial charge in [-0.15, -0.1) is 0 Å². The van der Waals surface area contributed by atoms with Gasteiger partial charge in [0.15, 0.2) is 24.2 Å². The first kappa shape index (κ1) is 22.4. The molecule has 0 fully saturated rings. The summed E-state index contributed by atoms with van der Waals surface area (Å²) in [5, 5.41) is 5.68. The number of carbonyl (C=O) groups is 4. The van der Waals surface area contributed by atoms with Crippen LogP contribution in [0.3, 0.4) is 0 Å². The second-order valence-electron chi connectivity index (χ2n) is 9.00. The van der Waals surface area contributed by atoms with Crippen molar-refractivity contribution in [2.45, 2.75) is 39.3 Å². The largest absolute Gasteiger partial charge is 0.347 e. The van der Waals surface area contributed by atoms with Gasteiger partial charge in [0.1, 0.15) is 0 Å². The molecule has 0 aromatic heterocycles. The van der Waals surface area contributed by atoms with Gasteiger partial charge in [-0.1, -0.05) is 24.3 Å². The van der Waals surface area contributed by atoms with E-state index in [1.54, 1.807) is 50.4 Å². The molecule has 3 N–H and O–H groups in total. The predicted molar refractivity (Wildman–Crippen MR) is 117 cm³/mol. The lowest BCUT2D eigenvalue weighted by Gasteiger charge is -2.24. The Morgan fingerprint density at radius 1 is 0.935 bits per heavy atom. The maximum absolute atomic E-state index is 12.9. The lowest BCUT2D eigenvalue weighted by molar-refractivity contribution is -0.885. The second kappa shape index (κ2) is 8.43. The summed E-state index contributed by atoms with van der Waals surface area (Å²) in [6.07, 6.45) is 0. The van der Waals surface area contributed by atoms with Gasteiger partial charge in [-0.05, 0) is 45.9 Å². The molecule has 31 heavy (non-hydrogen) atoms. The van der Waals surface area contributed by atoms with Gasteiger partial charge in [-0.3, -0.25) is 19.2 Å². The highest BCUT2D eigenvalue weighted by Crippen LogP contribution is 2.29. The molecule has 0 heterocycles. The number of rotatable bonds is 5. The van der Waals surface area contributed by atoms with E-state index in [0.717, 1.165) is 4.90 Å². The fourth-order valence-electron chi connectivity index (χ4n) is 3.52. The average molecular weight is 423 g/mol. The number of nitrogens with one attached hydrogen (secondary N) is 3. The Balaban J connectivity index is 1.72. The van der Waals surface area contributed by atoms with Gasteiger partial charge in [0.05, 0.1) is 7.05 Å². The molecule has 0 spiro atoms. The Morgan fingerprint density at radius 3 is 2.06 bits per heavy atom. The first-order chi connectivity index (χ1) is 14.5. The highest BCUT2D eigenvalue weighted by molar-refractivity contribution is 6.28. The minimum atomic E-state index is -0.500. The van der Waals surface area contributed by atoms with E-state index in [1.807, 2.05) is 20.8 Å². The monoisotopic (exact) mass is 422 g/mol. The summed E-state index contributed by atoms with van der Waals surface area (Å²) in [7, 11) is 1.78. The molecular formula is C24H28N3O4+. The summed E-state index contributed by atoms with van der Waals surface area (Å²) in [6, 6.07) is 10.9. The molecule has 0 saturated carbocycles. The van der Waals surface area contributed by atoms with Crippen LogP contribution in [0.1, 0.15) is 59.5 Å². The van der Waals surface area contributed by atoms with E-state index >= 15 is 0 Å². The normalized spacial score (nSPS) is 14.9. The Hall–Kier alpha value is -3.32. The van der Waals surface area contributed by atoms with Crippen molar-refractivity contribution in [3.05, 3.63) is 64.7 Å². The van der Waals surface area contributed by atoms with E-state index in [-0.39, 0.29) is 41.0 Å². The number of carbonyl (C=O) groups excluding carboxylic acids is 4. The first-order valence-corrected chi connectivity index (χ1v) is 10.2. The molecule has 2 amide bonds. The molecule has 1 aliphatic carbocycles. The van der Waals surface area contributed by atoms with E-state index in [4.69, 9.17) is 0 Å². The summed E-state index contributed by atoms with van der Waals surface area (Å²) in [5.41, 5.74) is 1.46. The number of likely N-dealkylation sites (N-methyl/N-ethyl adjacent to an activating group) is 1. The minimum Gasteiger partial charge on any atom is -0.347 e. The van der Waals surface area contributed by atoms with Crippen molar-refractivity contribution in [3.63, 3.8) is 0 Å². The quantitative estimate of drug-likeness (QED) is 0.576. The standard InChI is InChI=1S/C24H27N3O4/c1-14(27(5)13-20(28)26-24(2,3)4)23(31)25-15-10-11-18-19(12-15)22(30)17-9-7-6-8-16(17)21(18)29/h6-12,14H,13H2,1-5H3,(H,25,31)(H,26,28)/p+1/t14-/m1/s1. The van der Waals surface area contributed by atoms with Crippen LogP contribution >= 0.6 is 0 Å². The number of anilines is 1. The molecule has 3 rings (SSSR count). The Labute approximate surface area is 181 Å². The first-order valence-electron chi connectivity index (χ1n) is 10.2. The Bertz CT molecular complexity index is 1070. The molecule has 7 heteroatoms. The predicted octanol–water partition coefficient (Wildman–Crippen LogP) is 1.22. The van der Waals surface area contributed by atoms with Gasteiger partial charge in [-0.2, -0.15) is 0 Å². The molecule has 0 saturated heterocycles. The summed E-state index contributed by atoms with van der Waals surface area (Å²) < 4.78 is 0. The molecule has 0 aliphatic heterocycles. The van der Waals surface area contributed by atoms with Crippen LogP contribution in [0.5, 0.6) is 0 Å².